The third kappa shape index (κ3) is 2.29. The molecule has 0 aliphatic carbocycles. The van der Waals surface area contributed by atoms with E-state index in [2.05, 4.69) is 50.0 Å². The molecule has 2 heterocycles. The summed E-state index contributed by atoms with van der Waals surface area (Å²) in [6, 6.07) is 0.968. The first-order chi connectivity index (χ1) is 7.18. The number of rotatable bonds is 1. The predicted molar refractivity (Wildman–Crippen MR) is 64.0 cm³/mol. The second-order valence-electron chi connectivity index (χ2n) is 4.00. The molecule has 1 fully saturated rings. The lowest BCUT2D eigenvalue weighted by Gasteiger charge is -2.38. The number of halogens is 1. The lowest BCUT2D eigenvalue weighted by Crippen LogP contribution is -2.54. The van der Waals surface area contributed by atoms with Gasteiger partial charge >= 0.3 is 0 Å². The summed E-state index contributed by atoms with van der Waals surface area (Å²) in [6.07, 6.45) is 3.39. The zero-order valence-electron chi connectivity index (χ0n) is 8.94. The highest BCUT2D eigenvalue weighted by Crippen LogP contribution is 2.25. The molecule has 1 aliphatic heterocycles. The quantitative estimate of drug-likeness (QED) is 0.838. The lowest BCUT2D eigenvalue weighted by atomic mass is 10.1. The molecule has 0 radical (unpaired) electrons. The van der Waals surface area contributed by atoms with Crippen LogP contribution in [0.2, 0.25) is 0 Å². The van der Waals surface area contributed by atoms with Gasteiger partial charge in [-0.2, -0.15) is 0 Å². The molecule has 1 N–H and O–H groups in total. The van der Waals surface area contributed by atoms with Crippen LogP contribution in [0.5, 0.6) is 0 Å². The monoisotopic (exact) mass is 270 g/mol. The topological polar surface area (TPSA) is 41.1 Å². The van der Waals surface area contributed by atoms with Crippen molar-refractivity contribution in [3.63, 3.8) is 0 Å². The van der Waals surface area contributed by atoms with Gasteiger partial charge in [-0.1, -0.05) is 0 Å². The van der Waals surface area contributed by atoms with Gasteiger partial charge in [0, 0.05) is 31.4 Å². The van der Waals surface area contributed by atoms with Gasteiger partial charge in [-0.05, 0) is 29.8 Å². The molecule has 2 atom stereocenters. The Bertz CT molecular complexity index is 344. The lowest BCUT2D eigenvalue weighted by molar-refractivity contribution is 0.422. The van der Waals surface area contributed by atoms with Crippen LogP contribution in [-0.4, -0.2) is 35.1 Å². The smallest absolute Gasteiger partial charge is 0.146 e. The molecular weight excluding hydrogens is 256 g/mol. The largest absolute Gasteiger partial charge is 0.350 e. The molecular formula is C10H15BrN4. The van der Waals surface area contributed by atoms with Crippen molar-refractivity contribution >= 4 is 21.7 Å². The molecule has 0 spiro atoms. The molecule has 2 unspecified atom stereocenters. The Balaban J connectivity index is 2.25. The molecule has 1 saturated heterocycles. The van der Waals surface area contributed by atoms with Crippen LogP contribution in [0, 0.1) is 0 Å². The second-order valence-corrected chi connectivity index (χ2v) is 4.86. The first kappa shape index (κ1) is 10.8. The summed E-state index contributed by atoms with van der Waals surface area (Å²) in [5.41, 5.74) is 0. The summed E-state index contributed by atoms with van der Waals surface area (Å²) in [4.78, 5) is 10.6. The van der Waals surface area contributed by atoms with Crippen LogP contribution in [0.25, 0.3) is 0 Å². The summed E-state index contributed by atoms with van der Waals surface area (Å²) < 4.78 is 0.964. The van der Waals surface area contributed by atoms with Crippen LogP contribution in [0.3, 0.4) is 0 Å². The van der Waals surface area contributed by atoms with Crippen LogP contribution in [0.1, 0.15) is 13.8 Å². The van der Waals surface area contributed by atoms with Crippen molar-refractivity contribution < 1.29 is 0 Å². The van der Waals surface area contributed by atoms with E-state index >= 15 is 0 Å². The molecule has 1 aliphatic rings. The van der Waals surface area contributed by atoms with Crippen molar-refractivity contribution in [2.75, 3.05) is 18.0 Å². The summed E-state index contributed by atoms with van der Waals surface area (Å²) >= 11 is 3.49. The molecule has 4 nitrogen and oxygen atoms in total. The van der Waals surface area contributed by atoms with Gasteiger partial charge in [0.2, 0.25) is 0 Å². The Labute approximate surface area is 98.2 Å². The molecule has 0 amide bonds. The third-order valence-corrected chi connectivity index (χ3v) is 3.24. The zero-order valence-corrected chi connectivity index (χ0v) is 10.5. The van der Waals surface area contributed by atoms with Gasteiger partial charge in [0.05, 0.1) is 4.47 Å². The highest BCUT2D eigenvalue weighted by atomic mass is 79.9. The van der Waals surface area contributed by atoms with Crippen molar-refractivity contribution in [1.82, 2.24) is 15.3 Å². The minimum atomic E-state index is 0.465. The van der Waals surface area contributed by atoms with Gasteiger partial charge in [-0.15, -0.1) is 0 Å². The predicted octanol–water partition coefficient (Wildman–Crippen LogP) is 1.43. The van der Waals surface area contributed by atoms with E-state index in [1.54, 1.807) is 12.5 Å². The number of nitrogens with one attached hydrogen (secondary N) is 1. The minimum absolute atomic E-state index is 0.465. The van der Waals surface area contributed by atoms with Crippen LogP contribution in [0.15, 0.2) is 17.0 Å². The van der Waals surface area contributed by atoms with Crippen molar-refractivity contribution in [2.24, 2.45) is 0 Å². The Morgan fingerprint density at radius 1 is 1.53 bits per heavy atom. The average Bonchev–Trinajstić information content (AvgIpc) is 2.23. The van der Waals surface area contributed by atoms with Crippen LogP contribution < -0.4 is 10.2 Å². The van der Waals surface area contributed by atoms with Gasteiger partial charge in [0.1, 0.15) is 12.1 Å². The Hall–Kier alpha value is -0.680. The number of aromatic nitrogens is 2. The van der Waals surface area contributed by atoms with Crippen molar-refractivity contribution in [1.29, 1.82) is 0 Å². The highest BCUT2D eigenvalue weighted by molar-refractivity contribution is 9.10. The van der Waals surface area contributed by atoms with Crippen LogP contribution in [-0.2, 0) is 0 Å². The molecule has 1 aromatic heterocycles. The summed E-state index contributed by atoms with van der Waals surface area (Å²) in [5, 5.41) is 3.45. The molecule has 0 saturated carbocycles. The molecule has 15 heavy (non-hydrogen) atoms. The molecule has 1 aromatic rings. The maximum Gasteiger partial charge on any atom is 0.146 e. The van der Waals surface area contributed by atoms with Gasteiger partial charge in [0.15, 0.2) is 0 Å². The Morgan fingerprint density at radius 3 is 3.07 bits per heavy atom. The van der Waals surface area contributed by atoms with E-state index in [0.717, 1.165) is 23.4 Å². The van der Waals surface area contributed by atoms with Crippen LogP contribution in [0.4, 0.5) is 5.82 Å². The molecule has 2 rings (SSSR count). The summed E-state index contributed by atoms with van der Waals surface area (Å²) in [5.74, 6) is 0.992. The van der Waals surface area contributed by atoms with Gasteiger partial charge < -0.3 is 10.2 Å². The van der Waals surface area contributed by atoms with Gasteiger partial charge in [0.25, 0.3) is 0 Å². The van der Waals surface area contributed by atoms with E-state index in [0.29, 0.717) is 12.1 Å². The van der Waals surface area contributed by atoms with E-state index < -0.39 is 0 Å². The zero-order chi connectivity index (χ0) is 10.8. The molecule has 5 heteroatoms. The molecule has 0 bridgehead atoms. The number of nitrogens with zero attached hydrogens (tertiary/aromatic N) is 3. The highest BCUT2D eigenvalue weighted by Gasteiger charge is 2.24. The maximum atomic E-state index is 4.33. The van der Waals surface area contributed by atoms with Crippen LogP contribution >= 0.6 is 15.9 Å². The van der Waals surface area contributed by atoms with Gasteiger partial charge in [-0.25, -0.2) is 9.97 Å². The van der Waals surface area contributed by atoms with E-state index in [-0.39, 0.29) is 0 Å². The molecule has 82 valence electrons. The first-order valence-corrected chi connectivity index (χ1v) is 5.93. The Kier molecular flexibility index (Phi) is 3.21. The van der Waals surface area contributed by atoms with Crippen molar-refractivity contribution in [3.8, 4) is 0 Å². The number of hydrogen-bond acceptors (Lipinski definition) is 4. The third-order valence-electron chi connectivity index (χ3n) is 2.68. The van der Waals surface area contributed by atoms with Crippen molar-refractivity contribution in [2.45, 2.75) is 25.9 Å². The van der Waals surface area contributed by atoms with Gasteiger partial charge in [-0.3, -0.25) is 0 Å². The van der Waals surface area contributed by atoms with E-state index in [1.807, 2.05) is 0 Å². The second kappa shape index (κ2) is 4.45. The van der Waals surface area contributed by atoms with Crippen molar-refractivity contribution in [3.05, 3.63) is 17.0 Å². The summed E-state index contributed by atoms with van der Waals surface area (Å²) in [6.45, 7) is 6.37. The normalized spacial score (nSPS) is 26.7. The standard InChI is InChI=1S/C10H15BrN4/c1-7-5-15(8(2)3-13-7)10-9(11)4-12-6-14-10/h4,6-8,13H,3,5H2,1-2H3. The maximum absolute atomic E-state index is 4.33. The number of hydrogen-bond donors (Lipinski definition) is 1. The van der Waals surface area contributed by atoms with E-state index in [9.17, 15) is 0 Å². The summed E-state index contributed by atoms with van der Waals surface area (Å²) in [7, 11) is 0. The first-order valence-electron chi connectivity index (χ1n) is 5.14. The Morgan fingerprint density at radius 2 is 2.33 bits per heavy atom. The molecule has 0 aromatic carbocycles. The SMILES string of the molecule is CC1CN(c2ncncc2Br)C(C)CN1. The van der Waals surface area contributed by atoms with E-state index in [1.165, 1.54) is 0 Å². The number of anilines is 1. The fourth-order valence-electron chi connectivity index (χ4n) is 1.83. The van der Waals surface area contributed by atoms with E-state index in [4.69, 9.17) is 0 Å². The fourth-order valence-corrected chi connectivity index (χ4v) is 2.28. The minimum Gasteiger partial charge on any atom is -0.350 e. The number of piperazine rings is 1. The average molecular weight is 271 g/mol. The fraction of sp³-hybridized carbons (Fsp3) is 0.600.